The standard InChI is InChI=1S/C9H15NO4S/c1-9(2,3)14-8(11)7-10-5-4-6-15(10,12)13/h4,6H,5,7H2,1-3H3. The molecule has 0 radical (unpaired) electrons. The van der Waals surface area contributed by atoms with Gasteiger partial charge in [0.25, 0.3) is 0 Å². The van der Waals surface area contributed by atoms with Crippen LogP contribution in [-0.2, 0) is 19.6 Å². The number of carbonyl (C=O) groups is 1. The zero-order chi connectivity index (χ0) is 11.7. The van der Waals surface area contributed by atoms with Crippen LogP contribution in [0, 0.1) is 0 Å². The molecule has 6 heteroatoms. The van der Waals surface area contributed by atoms with Crippen LogP contribution in [0.3, 0.4) is 0 Å². The van der Waals surface area contributed by atoms with E-state index in [1.54, 1.807) is 20.8 Å². The van der Waals surface area contributed by atoms with Crippen LogP contribution in [0.2, 0.25) is 0 Å². The van der Waals surface area contributed by atoms with E-state index in [-0.39, 0.29) is 13.1 Å². The molecule has 0 bridgehead atoms. The van der Waals surface area contributed by atoms with E-state index in [1.807, 2.05) is 0 Å². The van der Waals surface area contributed by atoms with Crippen molar-refractivity contribution in [1.29, 1.82) is 0 Å². The Balaban J connectivity index is 2.54. The topological polar surface area (TPSA) is 63.7 Å². The summed E-state index contributed by atoms with van der Waals surface area (Å²) in [6, 6.07) is 0. The van der Waals surface area contributed by atoms with Crippen molar-refractivity contribution in [3.8, 4) is 0 Å². The van der Waals surface area contributed by atoms with E-state index in [4.69, 9.17) is 4.74 Å². The third-order valence-electron chi connectivity index (χ3n) is 1.66. The normalized spacial score (nSPS) is 20.5. The number of hydrogen-bond acceptors (Lipinski definition) is 4. The van der Waals surface area contributed by atoms with Crippen molar-refractivity contribution in [1.82, 2.24) is 4.31 Å². The number of nitrogens with zero attached hydrogens (tertiary/aromatic N) is 1. The molecule has 0 aromatic rings. The van der Waals surface area contributed by atoms with Gasteiger partial charge in [0, 0.05) is 12.0 Å². The molecule has 0 amide bonds. The largest absolute Gasteiger partial charge is 0.459 e. The summed E-state index contributed by atoms with van der Waals surface area (Å²) in [5, 5.41) is 1.09. The number of esters is 1. The number of rotatable bonds is 2. The second-order valence-electron chi connectivity index (χ2n) is 4.30. The van der Waals surface area contributed by atoms with Gasteiger partial charge < -0.3 is 4.74 Å². The first-order valence-electron chi connectivity index (χ1n) is 4.59. The molecule has 1 aliphatic rings. The van der Waals surface area contributed by atoms with Crippen LogP contribution in [0.4, 0.5) is 0 Å². The van der Waals surface area contributed by atoms with Crippen molar-refractivity contribution in [2.75, 3.05) is 13.1 Å². The summed E-state index contributed by atoms with van der Waals surface area (Å²) >= 11 is 0. The molecule has 0 N–H and O–H groups in total. The summed E-state index contributed by atoms with van der Waals surface area (Å²) in [4.78, 5) is 11.3. The summed E-state index contributed by atoms with van der Waals surface area (Å²) in [6.07, 6.45) is 1.50. The minimum Gasteiger partial charge on any atom is -0.459 e. The maximum atomic E-state index is 11.3. The smallest absolute Gasteiger partial charge is 0.321 e. The van der Waals surface area contributed by atoms with Gasteiger partial charge in [-0.25, -0.2) is 8.42 Å². The second-order valence-corrected chi connectivity index (χ2v) is 6.11. The van der Waals surface area contributed by atoms with E-state index >= 15 is 0 Å². The van der Waals surface area contributed by atoms with Gasteiger partial charge in [-0.15, -0.1) is 0 Å². The van der Waals surface area contributed by atoms with Crippen LogP contribution in [0.5, 0.6) is 0 Å². The second kappa shape index (κ2) is 3.94. The van der Waals surface area contributed by atoms with Crippen molar-refractivity contribution in [2.24, 2.45) is 0 Å². The van der Waals surface area contributed by atoms with Gasteiger partial charge in [-0.05, 0) is 20.8 Å². The van der Waals surface area contributed by atoms with Crippen LogP contribution >= 0.6 is 0 Å². The highest BCUT2D eigenvalue weighted by Crippen LogP contribution is 2.13. The molecule has 0 saturated carbocycles. The molecule has 1 aliphatic heterocycles. The zero-order valence-corrected chi connectivity index (χ0v) is 9.87. The van der Waals surface area contributed by atoms with Crippen molar-refractivity contribution in [3.05, 3.63) is 11.5 Å². The van der Waals surface area contributed by atoms with E-state index in [1.165, 1.54) is 6.08 Å². The lowest BCUT2D eigenvalue weighted by atomic mass is 10.2. The molecule has 0 aromatic carbocycles. The Morgan fingerprint density at radius 1 is 1.47 bits per heavy atom. The van der Waals surface area contributed by atoms with Crippen LogP contribution in [-0.4, -0.2) is 37.4 Å². The van der Waals surface area contributed by atoms with Gasteiger partial charge in [0.05, 0.1) is 0 Å². The first kappa shape index (κ1) is 12.2. The number of ether oxygens (including phenoxy) is 1. The van der Waals surface area contributed by atoms with Gasteiger partial charge in [-0.2, -0.15) is 4.31 Å². The molecule has 0 aliphatic carbocycles. The fourth-order valence-corrected chi connectivity index (χ4v) is 2.23. The summed E-state index contributed by atoms with van der Waals surface area (Å²) < 4.78 is 28.7. The summed E-state index contributed by atoms with van der Waals surface area (Å²) in [6.45, 7) is 5.22. The van der Waals surface area contributed by atoms with E-state index < -0.39 is 21.6 Å². The van der Waals surface area contributed by atoms with E-state index in [0.717, 1.165) is 9.71 Å². The van der Waals surface area contributed by atoms with Crippen LogP contribution in [0.25, 0.3) is 0 Å². The maximum absolute atomic E-state index is 11.3. The summed E-state index contributed by atoms with van der Waals surface area (Å²) in [5.74, 6) is -0.533. The summed E-state index contributed by atoms with van der Waals surface area (Å²) in [7, 11) is -3.39. The predicted molar refractivity (Wildman–Crippen MR) is 55.5 cm³/mol. The molecule has 86 valence electrons. The maximum Gasteiger partial charge on any atom is 0.321 e. The Morgan fingerprint density at radius 2 is 2.07 bits per heavy atom. The molecule has 15 heavy (non-hydrogen) atoms. The van der Waals surface area contributed by atoms with Crippen LogP contribution in [0.1, 0.15) is 20.8 Å². The fraction of sp³-hybridized carbons (Fsp3) is 0.667. The van der Waals surface area contributed by atoms with E-state index in [0.29, 0.717) is 0 Å². The van der Waals surface area contributed by atoms with Gasteiger partial charge >= 0.3 is 5.97 Å². The number of hydrogen-bond donors (Lipinski definition) is 0. The Labute approximate surface area is 89.8 Å². The Morgan fingerprint density at radius 3 is 2.47 bits per heavy atom. The third kappa shape index (κ3) is 3.64. The SMILES string of the molecule is CC(C)(C)OC(=O)CN1CC=CS1(=O)=O. The molecular weight excluding hydrogens is 218 g/mol. The zero-order valence-electron chi connectivity index (χ0n) is 9.06. The lowest BCUT2D eigenvalue weighted by Gasteiger charge is -2.21. The highest BCUT2D eigenvalue weighted by molar-refractivity contribution is 7.92. The van der Waals surface area contributed by atoms with Gasteiger partial charge in [0.15, 0.2) is 0 Å². The molecule has 0 atom stereocenters. The van der Waals surface area contributed by atoms with Crippen LogP contribution < -0.4 is 0 Å². The quantitative estimate of drug-likeness (QED) is 0.651. The highest BCUT2D eigenvalue weighted by Gasteiger charge is 2.27. The molecule has 0 aromatic heterocycles. The Kier molecular flexibility index (Phi) is 3.20. The number of carbonyl (C=O) groups excluding carboxylic acids is 1. The average molecular weight is 233 g/mol. The molecule has 0 saturated heterocycles. The van der Waals surface area contributed by atoms with Gasteiger partial charge in [0.1, 0.15) is 12.1 Å². The van der Waals surface area contributed by atoms with Crippen molar-refractivity contribution in [2.45, 2.75) is 26.4 Å². The lowest BCUT2D eigenvalue weighted by Crippen LogP contribution is -2.35. The molecule has 1 heterocycles. The summed E-state index contributed by atoms with van der Waals surface area (Å²) in [5.41, 5.74) is -0.589. The molecular formula is C9H15NO4S. The van der Waals surface area contributed by atoms with Gasteiger partial charge in [-0.3, -0.25) is 4.79 Å². The fourth-order valence-electron chi connectivity index (χ4n) is 1.14. The molecule has 1 rings (SSSR count). The van der Waals surface area contributed by atoms with Crippen molar-refractivity contribution < 1.29 is 17.9 Å². The predicted octanol–water partition coefficient (Wildman–Crippen LogP) is 0.487. The van der Waals surface area contributed by atoms with Crippen LogP contribution in [0.15, 0.2) is 11.5 Å². The van der Waals surface area contributed by atoms with Crippen molar-refractivity contribution in [3.63, 3.8) is 0 Å². The molecule has 0 fully saturated rings. The average Bonchev–Trinajstić information content (AvgIpc) is 2.26. The minimum absolute atomic E-state index is 0.230. The monoisotopic (exact) mass is 233 g/mol. The third-order valence-corrected chi connectivity index (χ3v) is 3.20. The lowest BCUT2D eigenvalue weighted by molar-refractivity contribution is -0.154. The number of sulfonamides is 1. The molecule has 0 spiro atoms. The van der Waals surface area contributed by atoms with E-state index in [2.05, 4.69) is 0 Å². The van der Waals surface area contributed by atoms with Gasteiger partial charge in [0.2, 0.25) is 10.0 Å². The Hall–Kier alpha value is -0.880. The van der Waals surface area contributed by atoms with E-state index in [9.17, 15) is 13.2 Å². The minimum atomic E-state index is -3.39. The first-order valence-corrected chi connectivity index (χ1v) is 6.09. The molecule has 0 unspecified atom stereocenters. The van der Waals surface area contributed by atoms with Gasteiger partial charge in [-0.1, -0.05) is 6.08 Å². The van der Waals surface area contributed by atoms with Crippen molar-refractivity contribution >= 4 is 16.0 Å². The molecule has 5 nitrogen and oxygen atoms in total. The first-order chi connectivity index (χ1) is 6.71. The highest BCUT2D eigenvalue weighted by atomic mass is 32.2. The Bertz CT molecular complexity index is 377.